The van der Waals surface area contributed by atoms with Crippen LogP contribution >= 0.6 is 0 Å². The Morgan fingerprint density at radius 1 is 0.628 bits per heavy atom. The van der Waals surface area contributed by atoms with E-state index in [1.54, 1.807) is 17.6 Å². The Bertz CT molecular complexity index is 3280. The number of benzene rings is 2. The number of hydrogen-bond donors (Lipinski definition) is 2. The minimum Gasteiger partial charge on any atom is -0.383 e. The second kappa shape index (κ2) is 25.0. The zero-order valence-corrected chi connectivity index (χ0v) is 49.2. The van der Waals surface area contributed by atoms with Crippen molar-refractivity contribution in [2.75, 3.05) is 50.4 Å². The molecule has 6 aromatic heterocycles. The largest absolute Gasteiger partial charge is 0.383 e. The molecule has 3 N–H and O–H groups in total. The molecule has 1 aliphatic heterocycles. The lowest BCUT2D eigenvalue weighted by atomic mass is 9.84. The number of hydrogen-bond acceptors (Lipinski definition) is 12. The molecule has 10 rings (SSSR count). The van der Waals surface area contributed by atoms with Crippen molar-refractivity contribution in [3.05, 3.63) is 139 Å². The van der Waals surface area contributed by atoms with Gasteiger partial charge in [-0.25, -0.2) is 9.97 Å². The van der Waals surface area contributed by atoms with Crippen molar-refractivity contribution in [2.24, 2.45) is 0 Å². The normalized spacial score (nSPS) is 14.6. The molecule has 0 spiro atoms. The van der Waals surface area contributed by atoms with Crippen molar-refractivity contribution < 1.29 is 14.3 Å². The fourth-order valence-corrected chi connectivity index (χ4v) is 12.0. The molecule has 1 aliphatic carbocycles. The van der Waals surface area contributed by atoms with E-state index in [1.807, 2.05) is 83.8 Å². The first-order valence-electron chi connectivity index (χ1n) is 27.9. The van der Waals surface area contributed by atoms with Crippen LogP contribution in [0.3, 0.4) is 0 Å². The van der Waals surface area contributed by atoms with Crippen LogP contribution < -0.4 is 16.0 Å². The molecule has 0 atom stereocenters. The van der Waals surface area contributed by atoms with E-state index in [2.05, 4.69) is 97.3 Å². The van der Waals surface area contributed by atoms with E-state index < -0.39 is 16.1 Å². The molecule has 78 heavy (non-hydrogen) atoms. The van der Waals surface area contributed by atoms with Crippen LogP contribution in [0.1, 0.15) is 97.9 Å². The number of rotatable bonds is 19. The van der Waals surface area contributed by atoms with Gasteiger partial charge in [0, 0.05) is 92.5 Å². The number of piperidine rings is 1. The summed E-state index contributed by atoms with van der Waals surface area (Å²) in [6.45, 7) is 26.6. The minimum absolute atomic E-state index is 0.0774. The number of ether oxygens (including phenoxy) is 2. The van der Waals surface area contributed by atoms with Gasteiger partial charge in [-0.15, -0.1) is 0 Å². The number of nitrogen functional groups attached to an aromatic ring is 1. The topological polar surface area (TPSA) is 163 Å². The Morgan fingerprint density at radius 2 is 1.10 bits per heavy atom. The van der Waals surface area contributed by atoms with E-state index in [4.69, 9.17) is 35.3 Å². The molecule has 408 valence electrons. The van der Waals surface area contributed by atoms with Gasteiger partial charge in [0.05, 0.1) is 40.7 Å². The number of carbonyl (C=O) groups excluding carboxylic acids is 1. The van der Waals surface area contributed by atoms with Crippen LogP contribution in [0.15, 0.2) is 116 Å². The Morgan fingerprint density at radius 3 is 1.56 bits per heavy atom. The molecule has 1 saturated heterocycles. The molecule has 0 amide bonds. The van der Waals surface area contributed by atoms with Gasteiger partial charge in [-0.3, -0.25) is 14.8 Å². The Labute approximate surface area is 463 Å². The predicted molar refractivity (Wildman–Crippen MR) is 324 cm³/mol. The quantitative estimate of drug-likeness (QED) is 0.0342. The summed E-state index contributed by atoms with van der Waals surface area (Å²) in [7, 11) is -2.49. The highest BCUT2D eigenvalue weighted by Gasteiger charge is 2.31. The Kier molecular flexibility index (Phi) is 17.9. The summed E-state index contributed by atoms with van der Waals surface area (Å²) in [5.74, 6) is 1.82. The molecule has 2 aromatic carbocycles. The van der Waals surface area contributed by atoms with Gasteiger partial charge in [-0.2, -0.15) is 19.2 Å². The summed E-state index contributed by atoms with van der Waals surface area (Å²) in [6, 6.07) is 30.8. The third-order valence-corrected chi connectivity index (χ3v) is 18.3. The van der Waals surface area contributed by atoms with Crippen molar-refractivity contribution in [1.29, 1.82) is 0 Å². The van der Waals surface area contributed by atoms with Crippen LogP contribution in [0.2, 0.25) is 51.4 Å². The number of nitrogens with zero attached hydrogens (tertiary/aromatic N) is 9. The maximum absolute atomic E-state index is 12.4. The molecule has 1 saturated carbocycles. The number of Topliss-reactive ketones (excluding diaryl/α,β-unsaturated/α-hetero) is 1. The van der Waals surface area contributed by atoms with Gasteiger partial charge in [-0.1, -0.05) is 138 Å². The fourth-order valence-electron chi connectivity index (χ4n) is 10.5. The zero-order chi connectivity index (χ0) is 55.0. The lowest BCUT2D eigenvalue weighted by Gasteiger charge is -2.31. The van der Waals surface area contributed by atoms with Crippen molar-refractivity contribution in [3.63, 3.8) is 0 Å². The number of aromatic nitrogens is 8. The summed E-state index contributed by atoms with van der Waals surface area (Å²) < 4.78 is 16.4. The molecule has 0 bridgehead atoms. The fraction of sp³-hybridized carbons (Fsp3) is 0.403. The number of fused-ring (bicyclic) bond motifs is 2. The zero-order valence-electron chi connectivity index (χ0n) is 47.2. The summed E-state index contributed by atoms with van der Waals surface area (Å²) in [5, 5.41) is 12.8. The van der Waals surface area contributed by atoms with E-state index >= 15 is 0 Å². The first-order valence-corrected chi connectivity index (χ1v) is 35.4. The van der Waals surface area contributed by atoms with Crippen LogP contribution in [0.5, 0.6) is 0 Å². The molecular formula is C62H79N11O3Si2. The highest BCUT2D eigenvalue weighted by atomic mass is 28.3. The van der Waals surface area contributed by atoms with E-state index in [0.717, 1.165) is 143 Å². The monoisotopic (exact) mass is 1080 g/mol. The summed E-state index contributed by atoms with van der Waals surface area (Å²) in [5.41, 5.74) is 20.2. The maximum Gasteiger partial charge on any atom is 0.165 e. The van der Waals surface area contributed by atoms with Crippen molar-refractivity contribution >= 4 is 50.4 Å². The van der Waals surface area contributed by atoms with Gasteiger partial charge in [0.15, 0.2) is 17.1 Å². The molecule has 0 radical (unpaired) electrons. The molecule has 0 unspecified atom stereocenters. The van der Waals surface area contributed by atoms with Crippen LogP contribution in [-0.4, -0.2) is 101 Å². The first-order chi connectivity index (χ1) is 37.5. The Balaban J connectivity index is 0.000000206. The van der Waals surface area contributed by atoms with Crippen molar-refractivity contribution in [2.45, 2.75) is 122 Å². The van der Waals surface area contributed by atoms with Crippen molar-refractivity contribution in [1.82, 2.24) is 44.5 Å². The summed E-state index contributed by atoms with van der Waals surface area (Å²) in [4.78, 5) is 34.5. The van der Waals surface area contributed by atoms with E-state index in [-0.39, 0.29) is 11.7 Å². The average Bonchev–Trinajstić information content (AvgIpc) is 4.28. The molecule has 7 heterocycles. The maximum atomic E-state index is 12.4. The minimum atomic E-state index is -1.24. The van der Waals surface area contributed by atoms with Gasteiger partial charge in [0.2, 0.25) is 0 Å². The SMILES string of the molecule is C=C(C)c1c(C2CCCCC2)nc2c(-c3ccc(-c4ccccc4)nc3)cnn2c1N(COCC[Si](C)(C)C)COCC[Si](C)(C)C.CC(=O)c1c(C2CCNCC2)nc2c(-c3ccc(-c4ccccc4)nc3)cnn2c1N. The number of nitrogens with one attached hydrogen (secondary N) is 1. The van der Waals surface area contributed by atoms with Gasteiger partial charge >= 0.3 is 0 Å². The van der Waals surface area contributed by atoms with E-state index in [9.17, 15) is 4.79 Å². The second-order valence-corrected chi connectivity index (χ2v) is 34.8. The number of carbonyl (C=O) groups is 1. The summed E-state index contributed by atoms with van der Waals surface area (Å²) in [6.07, 6.45) is 15.3. The van der Waals surface area contributed by atoms with Gasteiger partial charge < -0.3 is 25.4 Å². The Hall–Kier alpha value is -6.70. The molecule has 14 nitrogen and oxygen atoms in total. The first kappa shape index (κ1) is 56.0. The third-order valence-electron chi connectivity index (χ3n) is 14.9. The van der Waals surface area contributed by atoms with Gasteiger partial charge in [-0.05, 0) is 82.4 Å². The van der Waals surface area contributed by atoms with Crippen LogP contribution in [0.25, 0.3) is 61.6 Å². The predicted octanol–water partition coefficient (Wildman–Crippen LogP) is 13.7. The second-order valence-electron chi connectivity index (χ2n) is 23.6. The molecular weight excluding hydrogens is 1000 g/mol. The lowest BCUT2D eigenvalue weighted by molar-refractivity contribution is 0.0941. The van der Waals surface area contributed by atoms with Crippen LogP contribution in [0.4, 0.5) is 11.6 Å². The lowest BCUT2D eigenvalue weighted by Crippen LogP contribution is -2.34. The van der Waals surface area contributed by atoms with Gasteiger partial charge in [0.25, 0.3) is 0 Å². The summed E-state index contributed by atoms with van der Waals surface area (Å²) >= 11 is 0. The third kappa shape index (κ3) is 13.4. The number of ketones is 1. The van der Waals surface area contributed by atoms with E-state index in [1.165, 1.54) is 19.3 Å². The van der Waals surface area contributed by atoms with Crippen LogP contribution in [0, 0.1) is 0 Å². The number of anilines is 2. The molecule has 2 fully saturated rings. The average molecular weight is 1080 g/mol. The molecule has 16 heteroatoms. The standard InChI is InChI=1S/C38H55N5O2Si2.C24H24N6O/c1-29(2)35-36(31-17-13-10-14-18-31)41-37-33(32-19-20-34(39-25-32)30-15-11-9-12-16-30)26-40-43(37)38(35)42(27-44-21-23-46(3,4)5)28-45-22-24-47(6,7)8;1-15(31)21-22(17-9-11-26-12-10-17)29-24-19(14-28-30(24)23(21)25)18-7-8-20(27-13-18)16-5-3-2-4-6-16/h9,11-12,15-16,19-20,25-26,31H,1,10,13-14,17-18,21-24,27-28H2,2-8H3;2-8,13-14,17,26H,9-12,25H2,1H3. The molecule has 2 aliphatic rings. The smallest absolute Gasteiger partial charge is 0.165 e. The van der Waals surface area contributed by atoms with Crippen LogP contribution in [-0.2, 0) is 9.47 Å². The molecule has 8 aromatic rings. The number of pyridine rings is 2. The highest BCUT2D eigenvalue weighted by molar-refractivity contribution is 6.76. The van der Waals surface area contributed by atoms with Gasteiger partial charge in [0.1, 0.15) is 25.1 Å². The van der Waals surface area contributed by atoms with Crippen molar-refractivity contribution in [3.8, 4) is 44.8 Å². The number of nitrogens with two attached hydrogens (primary N) is 1. The van der Waals surface area contributed by atoms with E-state index in [0.29, 0.717) is 36.4 Å². The number of allylic oxidation sites excluding steroid dienone is 1. The highest BCUT2D eigenvalue weighted by Crippen LogP contribution is 2.42.